The summed E-state index contributed by atoms with van der Waals surface area (Å²) in [6, 6.07) is 6.38. The molecule has 5 nitrogen and oxygen atoms in total. The Morgan fingerprint density at radius 2 is 1.76 bits per heavy atom. The molecule has 2 aliphatic rings. The maximum atomic E-state index is 12.6. The molecule has 21 heavy (non-hydrogen) atoms. The van der Waals surface area contributed by atoms with Crippen molar-refractivity contribution >= 4 is 23.5 Å². The number of ether oxygens (including phenoxy) is 1. The summed E-state index contributed by atoms with van der Waals surface area (Å²) in [6.45, 7) is 0. The molecule has 2 amide bonds. The monoisotopic (exact) mass is 287 g/mol. The summed E-state index contributed by atoms with van der Waals surface area (Å²) < 4.78 is 4.63. The minimum absolute atomic E-state index is 0.0872. The van der Waals surface area contributed by atoms with Gasteiger partial charge in [-0.1, -0.05) is 12.8 Å². The van der Waals surface area contributed by atoms with E-state index in [2.05, 4.69) is 4.74 Å². The highest BCUT2D eigenvalue weighted by Gasteiger charge is 2.52. The first kappa shape index (κ1) is 13.8. The number of hydrogen-bond acceptors (Lipinski definition) is 4. The average Bonchev–Trinajstić information content (AvgIpc) is 3.05. The summed E-state index contributed by atoms with van der Waals surface area (Å²) in [4.78, 5) is 37.5. The number of carbonyl (C=O) groups excluding carboxylic acids is 3. The molecule has 1 saturated carbocycles. The third kappa shape index (κ3) is 2.13. The van der Waals surface area contributed by atoms with Crippen LogP contribution in [0.5, 0.6) is 0 Å². The summed E-state index contributed by atoms with van der Waals surface area (Å²) in [5.41, 5.74) is 0.454. The Labute approximate surface area is 122 Å². The van der Waals surface area contributed by atoms with Gasteiger partial charge in [0.25, 0.3) is 0 Å². The van der Waals surface area contributed by atoms with Crippen LogP contribution in [0.3, 0.4) is 0 Å². The minimum Gasteiger partial charge on any atom is -0.465 e. The number of benzene rings is 1. The van der Waals surface area contributed by atoms with Crippen molar-refractivity contribution in [3.8, 4) is 0 Å². The zero-order chi connectivity index (χ0) is 15.0. The van der Waals surface area contributed by atoms with E-state index in [9.17, 15) is 14.4 Å². The van der Waals surface area contributed by atoms with Crippen LogP contribution in [0.15, 0.2) is 24.3 Å². The molecule has 110 valence electrons. The molecule has 1 saturated heterocycles. The van der Waals surface area contributed by atoms with Crippen molar-refractivity contribution in [3.63, 3.8) is 0 Å². The largest absolute Gasteiger partial charge is 0.465 e. The van der Waals surface area contributed by atoms with Crippen LogP contribution in [0.4, 0.5) is 5.69 Å². The van der Waals surface area contributed by atoms with Crippen molar-refractivity contribution in [1.82, 2.24) is 0 Å². The maximum Gasteiger partial charge on any atom is 0.337 e. The van der Waals surface area contributed by atoms with Crippen molar-refractivity contribution in [2.75, 3.05) is 12.0 Å². The SMILES string of the molecule is COC(=O)c1ccc(N2C(=O)CC3(CCCC3)C2=O)cc1. The van der Waals surface area contributed by atoms with Gasteiger partial charge in [0.15, 0.2) is 0 Å². The van der Waals surface area contributed by atoms with E-state index < -0.39 is 11.4 Å². The van der Waals surface area contributed by atoms with Gasteiger partial charge >= 0.3 is 5.97 Å². The average molecular weight is 287 g/mol. The molecule has 0 radical (unpaired) electrons. The second kappa shape index (κ2) is 4.98. The third-order valence-corrected chi connectivity index (χ3v) is 4.50. The molecule has 0 unspecified atom stereocenters. The van der Waals surface area contributed by atoms with Gasteiger partial charge in [0, 0.05) is 6.42 Å². The predicted octanol–water partition coefficient (Wildman–Crippen LogP) is 2.30. The smallest absolute Gasteiger partial charge is 0.337 e. The number of hydrogen-bond donors (Lipinski definition) is 0. The van der Waals surface area contributed by atoms with Gasteiger partial charge in [0.05, 0.1) is 23.8 Å². The maximum absolute atomic E-state index is 12.6. The summed E-state index contributed by atoms with van der Waals surface area (Å²) in [6.07, 6.45) is 3.93. The van der Waals surface area contributed by atoms with Crippen LogP contribution in [0, 0.1) is 5.41 Å². The lowest BCUT2D eigenvalue weighted by Gasteiger charge is -2.21. The fourth-order valence-corrected chi connectivity index (χ4v) is 3.36. The zero-order valence-corrected chi connectivity index (χ0v) is 11.9. The van der Waals surface area contributed by atoms with E-state index in [4.69, 9.17) is 0 Å². The second-order valence-electron chi connectivity index (χ2n) is 5.74. The molecule has 1 heterocycles. The Kier molecular flexibility index (Phi) is 3.27. The molecule has 0 bridgehead atoms. The molecule has 2 fully saturated rings. The lowest BCUT2D eigenvalue weighted by Crippen LogP contribution is -2.34. The molecule has 0 aromatic heterocycles. The highest BCUT2D eigenvalue weighted by atomic mass is 16.5. The van der Waals surface area contributed by atoms with Crippen LogP contribution in [-0.4, -0.2) is 24.9 Å². The highest BCUT2D eigenvalue weighted by Crippen LogP contribution is 2.47. The van der Waals surface area contributed by atoms with Crippen LogP contribution in [0.2, 0.25) is 0 Å². The molecular weight excluding hydrogens is 270 g/mol. The number of carbonyl (C=O) groups is 3. The van der Waals surface area contributed by atoms with E-state index in [0.717, 1.165) is 25.7 Å². The van der Waals surface area contributed by atoms with Crippen molar-refractivity contribution in [3.05, 3.63) is 29.8 Å². The van der Waals surface area contributed by atoms with Gasteiger partial charge in [-0.3, -0.25) is 14.5 Å². The topological polar surface area (TPSA) is 63.7 Å². The normalized spacial score (nSPS) is 20.3. The number of anilines is 1. The van der Waals surface area contributed by atoms with Crippen molar-refractivity contribution < 1.29 is 19.1 Å². The predicted molar refractivity (Wildman–Crippen MR) is 75.8 cm³/mol. The van der Waals surface area contributed by atoms with Crippen LogP contribution >= 0.6 is 0 Å². The number of methoxy groups -OCH3 is 1. The van der Waals surface area contributed by atoms with Gasteiger partial charge in [0.1, 0.15) is 0 Å². The van der Waals surface area contributed by atoms with E-state index in [0.29, 0.717) is 17.7 Å². The minimum atomic E-state index is -0.474. The van der Waals surface area contributed by atoms with E-state index in [1.54, 1.807) is 24.3 Å². The van der Waals surface area contributed by atoms with Crippen LogP contribution in [0.1, 0.15) is 42.5 Å². The Morgan fingerprint density at radius 3 is 2.33 bits per heavy atom. The third-order valence-electron chi connectivity index (χ3n) is 4.50. The van der Waals surface area contributed by atoms with Gasteiger partial charge in [-0.05, 0) is 37.1 Å². The quantitative estimate of drug-likeness (QED) is 0.618. The van der Waals surface area contributed by atoms with Gasteiger partial charge in [0.2, 0.25) is 11.8 Å². The summed E-state index contributed by atoms with van der Waals surface area (Å²) in [5.74, 6) is -0.670. The summed E-state index contributed by atoms with van der Waals surface area (Å²) in [7, 11) is 1.31. The Morgan fingerprint density at radius 1 is 1.14 bits per heavy atom. The Balaban J connectivity index is 1.88. The van der Waals surface area contributed by atoms with Crippen molar-refractivity contribution in [1.29, 1.82) is 0 Å². The molecule has 1 aromatic rings. The molecule has 1 spiro atoms. The molecule has 1 aliphatic carbocycles. The first-order valence-electron chi connectivity index (χ1n) is 7.13. The first-order valence-corrected chi connectivity index (χ1v) is 7.13. The van der Waals surface area contributed by atoms with E-state index in [-0.39, 0.29) is 11.8 Å². The van der Waals surface area contributed by atoms with Gasteiger partial charge in [-0.2, -0.15) is 0 Å². The highest BCUT2D eigenvalue weighted by molar-refractivity contribution is 6.22. The summed E-state index contributed by atoms with van der Waals surface area (Å²) >= 11 is 0. The molecule has 1 aliphatic heterocycles. The number of amides is 2. The fourth-order valence-electron chi connectivity index (χ4n) is 3.36. The molecule has 5 heteroatoms. The van der Waals surface area contributed by atoms with Crippen molar-refractivity contribution in [2.45, 2.75) is 32.1 Å². The fraction of sp³-hybridized carbons (Fsp3) is 0.438. The van der Waals surface area contributed by atoms with E-state index in [1.165, 1.54) is 12.0 Å². The van der Waals surface area contributed by atoms with Gasteiger partial charge in [-0.15, -0.1) is 0 Å². The molecule has 0 atom stereocenters. The van der Waals surface area contributed by atoms with Gasteiger partial charge < -0.3 is 4.74 Å². The standard InChI is InChI=1S/C16H17NO4/c1-21-14(19)11-4-6-12(7-5-11)17-13(18)10-16(15(17)20)8-2-3-9-16/h4-7H,2-3,8-10H2,1H3. The Hall–Kier alpha value is -2.17. The lowest BCUT2D eigenvalue weighted by molar-refractivity contribution is -0.125. The molecular formula is C16H17NO4. The molecule has 1 aromatic carbocycles. The number of nitrogens with zero attached hydrogens (tertiary/aromatic N) is 1. The Bertz CT molecular complexity index is 599. The van der Waals surface area contributed by atoms with Gasteiger partial charge in [-0.25, -0.2) is 4.79 Å². The van der Waals surface area contributed by atoms with E-state index >= 15 is 0 Å². The molecule has 3 rings (SSSR count). The van der Waals surface area contributed by atoms with Crippen LogP contribution < -0.4 is 4.90 Å². The first-order chi connectivity index (χ1) is 10.1. The number of imide groups is 1. The van der Waals surface area contributed by atoms with Crippen LogP contribution in [-0.2, 0) is 14.3 Å². The lowest BCUT2D eigenvalue weighted by atomic mass is 9.84. The second-order valence-corrected chi connectivity index (χ2v) is 5.74. The molecule has 0 N–H and O–H groups in total. The summed E-state index contributed by atoms with van der Waals surface area (Å²) in [5, 5.41) is 0. The number of rotatable bonds is 2. The zero-order valence-electron chi connectivity index (χ0n) is 11.9. The number of esters is 1. The van der Waals surface area contributed by atoms with Crippen LogP contribution in [0.25, 0.3) is 0 Å². The van der Waals surface area contributed by atoms with Crippen molar-refractivity contribution in [2.24, 2.45) is 5.41 Å². The van der Waals surface area contributed by atoms with E-state index in [1.807, 2.05) is 0 Å².